The second-order valence-corrected chi connectivity index (χ2v) is 7.84. The monoisotopic (exact) mass is 460 g/mol. The number of halogens is 1. The number of ether oxygens (including phenoxy) is 2. The molecule has 33 heavy (non-hydrogen) atoms. The maximum absolute atomic E-state index is 13.3. The van der Waals surface area contributed by atoms with Crippen molar-refractivity contribution in [3.8, 4) is 22.6 Å². The standard InChI is InChI=1S/C26H17ClO6/c1-14-24(18-5-3-4-6-21(18)30-2)25(28)19-9-8-17(13-22(19)31-14)32-26(29)23-12-15-11-16(27)7-10-20(15)33-23/h3-13H,1-2H3. The van der Waals surface area contributed by atoms with Gasteiger partial charge in [0, 0.05) is 22.0 Å². The molecule has 5 rings (SSSR count). The quantitative estimate of drug-likeness (QED) is 0.228. The SMILES string of the molecule is COc1ccccc1-c1c(C)oc2cc(OC(=O)c3cc4cc(Cl)ccc4o3)ccc2c1=O. The van der Waals surface area contributed by atoms with Crippen LogP contribution >= 0.6 is 11.6 Å². The molecule has 0 aliphatic heterocycles. The number of hydrogen-bond acceptors (Lipinski definition) is 6. The number of fused-ring (bicyclic) bond motifs is 2. The van der Waals surface area contributed by atoms with Gasteiger partial charge in [0.2, 0.25) is 11.2 Å². The highest BCUT2D eigenvalue weighted by Gasteiger charge is 2.19. The summed E-state index contributed by atoms with van der Waals surface area (Å²) < 4.78 is 22.3. The zero-order chi connectivity index (χ0) is 23.1. The molecule has 3 aromatic carbocycles. The predicted octanol–water partition coefficient (Wildman–Crippen LogP) is 6.40. The third-order valence-electron chi connectivity index (χ3n) is 5.31. The number of esters is 1. The lowest BCUT2D eigenvalue weighted by Crippen LogP contribution is -2.10. The lowest BCUT2D eigenvalue weighted by Gasteiger charge is -2.11. The Labute approximate surface area is 192 Å². The molecule has 164 valence electrons. The van der Waals surface area contributed by atoms with Crippen LogP contribution in [0.3, 0.4) is 0 Å². The number of furan rings is 1. The third kappa shape index (κ3) is 3.75. The summed E-state index contributed by atoms with van der Waals surface area (Å²) in [5.74, 6) is 0.584. The Morgan fingerprint density at radius 3 is 2.58 bits per heavy atom. The summed E-state index contributed by atoms with van der Waals surface area (Å²) in [6, 6.07) is 18.5. The van der Waals surface area contributed by atoms with Crippen molar-refractivity contribution in [3.05, 3.63) is 93.5 Å². The van der Waals surface area contributed by atoms with Crippen LogP contribution in [0.5, 0.6) is 11.5 Å². The van der Waals surface area contributed by atoms with E-state index in [0.29, 0.717) is 49.6 Å². The summed E-state index contributed by atoms with van der Waals surface area (Å²) in [6.45, 7) is 1.71. The molecule has 2 heterocycles. The number of rotatable bonds is 4. The van der Waals surface area contributed by atoms with Crippen molar-refractivity contribution in [3.63, 3.8) is 0 Å². The van der Waals surface area contributed by atoms with E-state index in [-0.39, 0.29) is 16.9 Å². The maximum Gasteiger partial charge on any atom is 0.379 e. The molecule has 0 spiro atoms. The molecule has 0 radical (unpaired) electrons. The smallest absolute Gasteiger partial charge is 0.379 e. The molecule has 0 saturated carbocycles. The number of para-hydroxylation sites is 1. The lowest BCUT2D eigenvalue weighted by atomic mass is 10.0. The molecule has 0 saturated heterocycles. The summed E-state index contributed by atoms with van der Waals surface area (Å²) in [6.07, 6.45) is 0. The molecule has 0 unspecified atom stereocenters. The number of methoxy groups -OCH3 is 1. The van der Waals surface area contributed by atoms with E-state index < -0.39 is 5.97 Å². The van der Waals surface area contributed by atoms with Gasteiger partial charge in [0.1, 0.15) is 28.4 Å². The van der Waals surface area contributed by atoms with Crippen LogP contribution in [0.4, 0.5) is 0 Å². The Balaban J connectivity index is 1.51. The van der Waals surface area contributed by atoms with Gasteiger partial charge < -0.3 is 18.3 Å². The second kappa shape index (κ2) is 8.15. The first kappa shape index (κ1) is 20.8. The Morgan fingerprint density at radius 2 is 1.76 bits per heavy atom. The van der Waals surface area contributed by atoms with Crippen LogP contribution in [-0.4, -0.2) is 13.1 Å². The average Bonchev–Trinajstić information content (AvgIpc) is 3.22. The van der Waals surface area contributed by atoms with Gasteiger partial charge in [-0.2, -0.15) is 0 Å². The van der Waals surface area contributed by atoms with E-state index >= 15 is 0 Å². The van der Waals surface area contributed by atoms with Gasteiger partial charge in [-0.3, -0.25) is 4.79 Å². The molecule has 0 N–H and O–H groups in total. The zero-order valence-electron chi connectivity index (χ0n) is 17.7. The fraction of sp³-hybridized carbons (Fsp3) is 0.0769. The number of benzene rings is 3. The Hall–Kier alpha value is -4.03. The first-order chi connectivity index (χ1) is 15.9. The van der Waals surface area contributed by atoms with Gasteiger partial charge in [0.05, 0.1) is 18.1 Å². The highest BCUT2D eigenvalue weighted by atomic mass is 35.5. The van der Waals surface area contributed by atoms with E-state index in [0.717, 1.165) is 0 Å². The molecule has 0 atom stereocenters. The first-order valence-corrected chi connectivity index (χ1v) is 10.4. The zero-order valence-corrected chi connectivity index (χ0v) is 18.4. The second-order valence-electron chi connectivity index (χ2n) is 7.40. The summed E-state index contributed by atoms with van der Waals surface area (Å²) in [5.41, 5.74) is 1.69. The highest BCUT2D eigenvalue weighted by molar-refractivity contribution is 6.31. The highest BCUT2D eigenvalue weighted by Crippen LogP contribution is 2.32. The lowest BCUT2D eigenvalue weighted by molar-refractivity contribution is 0.0704. The number of aryl methyl sites for hydroxylation is 1. The van der Waals surface area contributed by atoms with Gasteiger partial charge in [-0.15, -0.1) is 0 Å². The molecule has 0 fully saturated rings. The topological polar surface area (TPSA) is 78.9 Å². The van der Waals surface area contributed by atoms with Crippen molar-refractivity contribution in [2.24, 2.45) is 0 Å². The summed E-state index contributed by atoms with van der Waals surface area (Å²) in [7, 11) is 1.55. The minimum atomic E-state index is -0.675. The number of hydrogen-bond donors (Lipinski definition) is 0. The summed E-state index contributed by atoms with van der Waals surface area (Å²) in [5, 5.41) is 1.59. The molecule has 0 amide bonds. The van der Waals surface area contributed by atoms with E-state index in [1.54, 1.807) is 56.5 Å². The normalized spacial score (nSPS) is 11.1. The average molecular weight is 461 g/mol. The molecule has 5 aromatic rings. The van der Waals surface area contributed by atoms with Crippen molar-refractivity contribution in [1.29, 1.82) is 0 Å². The fourth-order valence-corrected chi connectivity index (χ4v) is 3.96. The van der Waals surface area contributed by atoms with E-state index in [9.17, 15) is 9.59 Å². The molecular formula is C26H17ClO6. The van der Waals surface area contributed by atoms with Crippen molar-refractivity contribution in [2.45, 2.75) is 6.92 Å². The molecule has 2 aromatic heterocycles. The predicted molar refractivity (Wildman–Crippen MR) is 125 cm³/mol. The Morgan fingerprint density at radius 1 is 0.939 bits per heavy atom. The molecule has 0 aliphatic rings. The van der Waals surface area contributed by atoms with Crippen LogP contribution in [-0.2, 0) is 0 Å². The Bertz CT molecular complexity index is 1590. The van der Waals surface area contributed by atoms with Gasteiger partial charge in [0.25, 0.3) is 0 Å². The maximum atomic E-state index is 13.3. The van der Waals surface area contributed by atoms with E-state index in [1.165, 1.54) is 12.1 Å². The minimum absolute atomic E-state index is 0.0384. The van der Waals surface area contributed by atoms with Gasteiger partial charge in [0.15, 0.2) is 0 Å². The van der Waals surface area contributed by atoms with Gasteiger partial charge >= 0.3 is 5.97 Å². The summed E-state index contributed by atoms with van der Waals surface area (Å²) in [4.78, 5) is 25.8. The molecule has 7 heteroatoms. The van der Waals surface area contributed by atoms with Crippen LogP contribution < -0.4 is 14.9 Å². The van der Waals surface area contributed by atoms with E-state index in [2.05, 4.69) is 0 Å². The van der Waals surface area contributed by atoms with Gasteiger partial charge in [-0.05, 0) is 49.4 Å². The largest absolute Gasteiger partial charge is 0.496 e. The number of carbonyl (C=O) groups excluding carboxylic acids is 1. The fourth-order valence-electron chi connectivity index (χ4n) is 3.78. The van der Waals surface area contributed by atoms with Crippen LogP contribution in [0.15, 0.2) is 80.4 Å². The van der Waals surface area contributed by atoms with Crippen LogP contribution in [0, 0.1) is 6.92 Å². The molecule has 6 nitrogen and oxygen atoms in total. The third-order valence-corrected chi connectivity index (χ3v) is 5.54. The Kier molecular flexibility index (Phi) is 5.15. The van der Waals surface area contributed by atoms with E-state index in [1.807, 2.05) is 12.1 Å². The van der Waals surface area contributed by atoms with Crippen molar-refractivity contribution in [2.75, 3.05) is 7.11 Å². The van der Waals surface area contributed by atoms with E-state index in [4.69, 9.17) is 29.9 Å². The van der Waals surface area contributed by atoms with Gasteiger partial charge in [-0.1, -0.05) is 29.8 Å². The van der Waals surface area contributed by atoms with Crippen molar-refractivity contribution >= 4 is 39.5 Å². The molecule has 0 bridgehead atoms. The number of carbonyl (C=O) groups is 1. The molecular weight excluding hydrogens is 444 g/mol. The minimum Gasteiger partial charge on any atom is -0.496 e. The van der Waals surface area contributed by atoms with Crippen LogP contribution in [0.1, 0.15) is 16.3 Å². The van der Waals surface area contributed by atoms with Crippen LogP contribution in [0.25, 0.3) is 33.1 Å². The van der Waals surface area contributed by atoms with Gasteiger partial charge in [-0.25, -0.2) is 4.79 Å². The van der Waals surface area contributed by atoms with Crippen molar-refractivity contribution < 1.29 is 23.1 Å². The van der Waals surface area contributed by atoms with Crippen molar-refractivity contribution in [1.82, 2.24) is 0 Å². The van der Waals surface area contributed by atoms with Crippen LogP contribution in [0.2, 0.25) is 5.02 Å². The molecule has 0 aliphatic carbocycles. The summed E-state index contributed by atoms with van der Waals surface area (Å²) >= 11 is 5.98. The first-order valence-electron chi connectivity index (χ1n) is 10.1.